The Hall–Kier alpha value is -2.02. The van der Waals surface area contributed by atoms with E-state index in [1.54, 1.807) is 24.3 Å². The van der Waals surface area contributed by atoms with E-state index in [1.165, 1.54) is 18.9 Å². The van der Waals surface area contributed by atoms with Crippen LogP contribution in [-0.2, 0) is 14.3 Å². The molecule has 1 unspecified atom stereocenters. The fourth-order valence-electron chi connectivity index (χ4n) is 1.69. The molecule has 1 amide bonds. The molecule has 0 aromatic heterocycles. The van der Waals surface area contributed by atoms with E-state index in [2.05, 4.69) is 10.1 Å². The zero-order valence-corrected chi connectivity index (χ0v) is 12.6. The predicted molar refractivity (Wildman–Crippen MR) is 78.4 cm³/mol. The molecule has 7 heteroatoms. The number of hydrogen-bond acceptors (Lipinski definition) is 5. The number of rotatable bonds is 7. The molecule has 1 rings (SSSR count). The summed E-state index contributed by atoms with van der Waals surface area (Å²) < 4.78 is 4.46. The Balaban J connectivity index is 2.76. The van der Waals surface area contributed by atoms with Gasteiger partial charge in [0.1, 0.15) is 6.04 Å². The Morgan fingerprint density at radius 2 is 2.00 bits per heavy atom. The van der Waals surface area contributed by atoms with Crippen LogP contribution in [0.4, 0.5) is 0 Å². The summed E-state index contributed by atoms with van der Waals surface area (Å²) in [5, 5.41) is 11.5. The number of amides is 1. The molecular formula is C14H17NO5S. The van der Waals surface area contributed by atoms with Crippen LogP contribution in [-0.4, -0.2) is 42.4 Å². The molecule has 0 aliphatic rings. The van der Waals surface area contributed by atoms with Crippen molar-refractivity contribution in [1.29, 1.82) is 0 Å². The highest BCUT2D eigenvalue weighted by atomic mass is 32.2. The van der Waals surface area contributed by atoms with E-state index in [1.807, 2.05) is 6.26 Å². The van der Waals surface area contributed by atoms with Crippen LogP contribution in [0.15, 0.2) is 29.2 Å². The van der Waals surface area contributed by atoms with Gasteiger partial charge in [-0.1, -0.05) is 12.1 Å². The Morgan fingerprint density at radius 3 is 2.57 bits per heavy atom. The van der Waals surface area contributed by atoms with Gasteiger partial charge >= 0.3 is 11.9 Å². The molecule has 0 heterocycles. The normalized spacial score (nSPS) is 11.5. The van der Waals surface area contributed by atoms with Crippen molar-refractivity contribution in [2.75, 3.05) is 13.4 Å². The number of methoxy groups -OCH3 is 1. The minimum absolute atomic E-state index is 0.0187. The summed E-state index contributed by atoms with van der Waals surface area (Å²) in [7, 11) is 1.23. The number of aliphatic carboxylic acids is 1. The van der Waals surface area contributed by atoms with E-state index in [-0.39, 0.29) is 12.8 Å². The molecule has 6 nitrogen and oxygen atoms in total. The number of esters is 1. The summed E-state index contributed by atoms with van der Waals surface area (Å²) in [4.78, 5) is 35.1. The van der Waals surface area contributed by atoms with Gasteiger partial charge in [0, 0.05) is 11.3 Å². The van der Waals surface area contributed by atoms with Crippen LogP contribution in [0.5, 0.6) is 0 Å². The molecule has 0 radical (unpaired) electrons. The van der Waals surface area contributed by atoms with Gasteiger partial charge in [0.05, 0.1) is 12.7 Å². The lowest BCUT2D eigenvalue weighted by Crippen LogP contribution is -2.41. The van der Waals surface area contributed by atoms with Gasteiger partial charge < -0.3 is 15.2 Å². The third-order valence-corrected chi connectivity index (χ3v) is 3.62. The first-order valence-corrected chi connectivity index (χ1v) is 7.45. The molecule has 0 saturated heterocycles. The highest BCUT2D eigenvalue weighted by Crippen LogP contribution is 2.19. The predicted octanol–water partition coefficient (Wildman–Crippen LogP) is 1.54. The Kier molecular flexibility index (Phi) is 6.74. The molecule has 1 aromatic carbocycles. The first-order valence-electron chi connectivity index (χ1n) is 6.23. The third kappa shape index (κ3) is 5.11. The molecule has 0 bridgehead atoms. The van der Waals surface area contributed by atoms with Crippen molar-refractivity contribution >= 4 is 29.6 Å². The second-order valence-corrected chi connectivity index (χ2v) is 5.03. The van der Waals surface area contributed by atoms with Gasteiger partial charge in [-0.15, -0.1) is 11.8 Å². The molecule has 1 atom stereocenters. The van der Waals surface area contributed by atoms with Crippen LogP contribution < -0.4 is 5.32 Å². The molecule has 2 N–H and O–H groups in total. The van der Waals surface area contributed by atoms with Gasteiger partial charge in [0.2, 0.25) is 0 Å². The summed E-state index contributed by atoms with van der Waals surface area (Å²) in [6.45, 7) is 0. The van der Waals surface area contributed by atoms with E-state index in [9.17, 15) is 14.4 Å². The number of carboxylic acid groups (broad SMARTS) is 1. The van der Waals surface area contributed by atoms with Crippen LogP contribution >= 0.6 is 11.8 Å². The molecule has 114 valence electrons. The number of carboxylic acids is 1. The summed E-state index contributed by atoms with van der Waals surface area (Å²) in [6, 6.07) is 5.78. The number of nitrogens with one attached hydrogen (secondary N) is 1. The van der Waals surface area contributed by atoms with Crippen LogP contribution in [0, 0.1) is 0 Å². The molecule has 0 saturated carbocycles. The van der Waals surface area contributed by atoms with Gasteiger partial charge in [0.15, 0.2) is 0 Å². The average Bonchev–Trinajstić information content (AvgIpc) is 2.50. The van der Waals surface area contributed by atoms with Gasteiger partial charge in [-0.05, 0) is 24.8 Å². The standard InChI is InChI=1S/C14H17NO5S/c1-20-12(16)8-7-10(14(18)19)15-13(17)9-5-3-4-6-11(9)21-2/h3-6,10H,7-8H2,1-2H3,(H,15,17)(H,18,19). The lowest BCUT2D eigenvalue weighted by molar-refractivity contribution is -0.142. The first kappa shape index (κ1) is 17.0. The van der Waals surface area contributed by atoms with Crippen LogP contribution in [0.3, 0.4) is 0 Å². The van der Waals surface area contributed by atoms with E-state index < -0.39 is 23.9 Å². The maximum Gasteiger partial charge on any atom is 0.326 e. The number of carbonyl (C=O) groups excluding carboxylic acids is 2. The van der Waals surface area contributed by atoms with Gasteiger partial charge in [-0.25, -0.2) is 4.79 Å². The summed E-state index contributed by atoms with van der Waals surface area (Å²) >= 11 is 1.40. The minimum Gasteiger partial charge on any atom is -0.480 e. The Morgan fingerprint density at radius 1 is 1.33 bits per heavy atom. The van der Waals surface area contributed by atoms with E-state index >= 15 is 0 Å². The van der Waals surface area contributed by atoms with Crippen LogP contribution in [0.25, 0.3) is 0 Å². The van der Waals surface area contributed by atoms with E-state index in [0.717, 1.165) is 4.90 Å². The van der Waals surface area contributed by atoms with Gasteiger partial charge in [0.25, 0.3) is 5.91 Å². The van der Waals surface area contributed by atoms with E-state index in [4.69, 9.17) is 5.11 Å². The van der Waals surface area contributed by atoms with Crippen molar-refractivity contribution in [2.24, 2.45) is 0 Å². The molecule has 0 fully saturated rings. The molecule has 21 heavy (non-hydrogen) atoms. The molecule has 0 spiro atoms. The van der Waals surface area contributed by atoms with Crippen molar-refractivity contribution in [1.82, 2.24) is 5.32 Å². The topological polar surface area (TPSA) is 92.7 Å². The van der Waals surface area contributed by atoms with Crippen LogP contribution in [0.2, 0.25) is 0 Å². The molecular weight excluding hydrogens is 294 g/mol. The smallest absolute Gasteiger partial charge is 0.326 e. The fourth-order valence-corrected chi connectivity index (χ4v) is 2.29. The SMILES string of the molecule is COC(=O)CCC(NC(=O)c1ccccc1SC)C(=O)O. The lowest BCUT2D eigenvalue weighted by atomic mass is 10.1. The molecule has 1 aromatic rings. The van der Waals surface area contributed by atoms with Crippen molar-refractivity contribution in [3.63, 3.8) is 0 Å². The van der Waals surface area contributed by atoms with E-state index in [0.29, 0.717) is 5.56 Å². The van der Waals surface area contributed by atoms with Gasteiger partial charge in [-0.3, -0.25) is 9.59 Å². The van der Waals surface area contributed by atoms with Crippen molar-refractivity contribution in [3.8, 4) is 0 Å². The fraction of sp³-hybridized carbons (Fsp3) is 0.357. The molecule has 0 aliphatic carbocycles. The monoisotopic (exact) mass is 311 g/mol. The third-order valence-electron chi connectivity index (χ3n) is 2.82. The van der Waals surface area contributed by atoms with Crippen LogP contribution in [0.1, 0.15) is 23.2 Å². The zero-order valence-electron chi connectivity index (χ0n) is 11.8. The average molecular weight is 311 g/mol. The van der Waals surface area contributed by atoms with Crippen molar-refractivity contribution in [2.45, 2.75) is 23.8 Å². The Bertz CT molecular complexity index is 532. The highest BCUT2D eigenvalue weighted by Gasteiger charge is 2.22. The first-order chi connectivity index (χ1) is 9.99. The Labute approximate surface area is 126 Å². The zero-order chi connectivity index (χ0) is 15.8. The number of ether oxygens (including phenoxy) is 1. The maximum absolute atomic E-state index is 12.1. The number of hydrogen-bond donors (Lipinski definition) is 2. The highest BCUT2D eigenvalue weighted by molar-refractivity contribution is 7.98. The second kappa shape index (κ2) is 8.31. The molecule has 0 aliphatic heterocycles. The van der Waals surface area contributed by atoms with Crippen molar-refractivity contribution < 1.29 is 24.2 Å². The quantitative estimate of drug-likeness (QED) is 0.586. The number of carbonyl (C=O) groups is 3. The van der Waals surface area contributed by atoms with Crippen molar-refractivity contribution in [3.05, 3.63) is 29.8 Å². The summed E-state index contributed by atoms with van der Waals surface area (Å²) in [6.07, 6.45) is 1.74. The number of thioether (sulfide) groups is 1. The minimum atomic E-state index is -1.19. The largest absolute Gasteiger partial charge is 0.480 e. The van der Waals surface area contributed by atoms with Gasteiger partial charge in [-0.2, -0.15) is 0 Å². The second-order valence-electron chi connectivity index (χ2n) is 4.18. The maximum atomic E-state index is 12.1. The summed E-state index contributed by atoms with van der Waals surface area (Å²) in [5.74, 6) is -2.17. The number of benzene rings is 1. The summed E-state index contributed by atoms with van der Waals surface area (Å²) in [5.41, 5.74) is 0.411. The lowest BCUT2D eigenvalue weighted by Gasteiger charge is -2.15.